The Kier molecular flexibility index (Phi) is 4.88. The van der Waals surface area contributed by atoms with Crippen molar-refractivity contribution < 1.29 is 22.0 Å². The lowest BCUT2D eigenvalue weighted by Crippen LogP contribution is -2.57. The van der Waals surface area contributed by atoms with E-state index in [0.29, 0.717) is 0 Å². The van der Waals surface area contributed by atoms with Crippen molar-refractivity contribution in [1.82, 2.24) is 0 Å². The normalized spacial score (nSPS) is 16.1. The topological polar surface area (TPSA) is 26.0 Å². The van der Waals surface area contributed by atoms with Gasteiger partial charge in [-0.05, 0) is 5.41 Å². The smallest absolute Gasteiger partial charge is 0.322 e. The van der Waals surface area contributed by atoms with Crippen LogP contribution in [-0.2, 0) is 0 Å². The van der Waals surface area contributed by atoms with Gasteiger partial charge in [0.25, 0.3) is 0 Å². The van der Waals surface area contributed by atoms with Crippen LogP contribution in [0.2, 0.25) is 0 Å². The van der Waals surface area contributed by atoms with Crippen LogP contribution >= 0.6 is 12.4 Å². The van der Waals surface area contributed by atoms with Crippen LogP contribution in [0.3, 0.4) is 0 Å². The molecule has 0 heterocycles. The number of rotatable bonds is 1. The van der Waals surface area contributed by atoms with E-state index in [1.807, 2.05) is 0 Å². The van der Waals surface area contributed by atoms with E-state index in [1.54, 1.807) is 0 Å². The lowest BCUT2D eigenvalue weighted by Gasteiger charge is -2.34. The van der Waals surface area contributed by atoms with Gasteiger partial charge in [-0.25, -0.2) is 0 Å². The summed E-state index contributed by atoms with van der Waals surface area (Å²) in [6, 6.07) is -2.24. The lowest BCUT2D eigenvalue weighted by molar-refractivity contribution is -0.297. The standard InChI is InChI=1S/C7H12F5N.ClH/c1-5(2,3)4(13)6(8,9)7(10,11)12;/h4H,13H2,1-3H3;1H. The summed E-state index contributed by atoms with van der Waals surface area (Å²) in [4.78, 5) is 0. The van der Waals surface area contributed by atoms with Crippen molar-refractivity contribution in [3.63, 3.8) is 0 Å². The van der Waals surface area contributed by atoms with Gasteiger partial charge in [0.2, 0.25) is 0 Å². The largest absolute Gasteiger partial charge is 0.454 e. The molecule has 0 rings (SSSR count). The average Bonchev–Trinajstić information content (AvgIpc) is 1.81. The van der Waals surface area contributed by atoms with E-state index in [-0.39, 0.29) is 12.4 Å². The van der Waals surface area contributed by atoms with Gasteiger partial charge in [0.15, 0.2) is 0 Å². The van der Waals surface area contributed by atoms with Crippen molar-refractivity contribution in [3.8, 4) is 0 Å². The van der Waals surface area contributed by atoms with Crippen molar-refractivity contribution in [2.45, 2.75) is 38.9 Å². The third-order valence-electron chi connectivity index (χ3n) is 1.70. The van der Waals surface area contributed by atoms with Crippen molar-refractivity contribution >= 4 is 12.4 Å². The van der Waals surface area contributed by atoms with Crippen molar-refractivity contribution in [1.29, 1.82) is 0 Å². The first kappa shape index (κ1) is 16.3. The van der Waals surface area contributed by atoms with Crippen LogP contribution in [0, 0.1) is 5.41 Å². The Bertz CT molecular complexity index is 183. The second kappa shape index (κ2) is 4.18. The zero-order chi connectivity index (χ0) is 11.1. The summed E-state index contributed by atoms with van der Waals surface area (Å²) >= 11 is 0. The van der Waals surface area contributed by atoms with E-state index in [9.17, 15) is 22.0 Å². The molecule has 0 amide bonds. The van der Waals surface area contributed by atoms with Crippen LogP contribution in [0.25, 0.3) is 0 Å². The Balaban J connectivity index is 0. The number of hydrogen-bond donors (Lipinski definition) is 1. The summed E-state index contributed by atoms with van der Waals surface area (Å²) < 4.78 is 60.5. The monoisotopic (exact) mass is 241 g/mol. The first-order valence-corrected chi connectivity index (χ1v) is 3.61. The molecule has 0 aliphatic carbocycles. The molecule has 0 bridgehead atoms. The van der Waals surface area contributed by atoms with E-state index >= 15 is 0 Å². The molecule has 1 atom stereocenters. The molecule has 0 aromatic carbocycles. The van der Waals surface area contributed by atoms with Crippen LogP contribution in [0.5, 0.6) is 0 Å². The average molecular weight is 242 g/mol. The molecule has 0 aromatic heterocycles. The zero-order valence-electron chi connectivity index (χ0n) is 7.95. The molecule has 1 unspecified atom stereocenters. The van der Waals surface area contributed by atoms with Crippen molar-refractivity contribution in [2.24, 2.45) is 11.1 Å². The molecule has 14 heavy (non-hydrogen) atoms. The Morgan fingerprint density at radius 3 is 1.29 bits per heavy atom. The molecule has 0 saturated heterocycles. The summed E-state index contributed by atoms with van der Waals surface area (Å²) in [7, 11) is 0. The van der Waals surface area contributed by atoms with Gasteiger partial charge in [0, 0.05) is 0 Å². The molecule has 0 aromatic rings. The quantitative estimate of drug-likeness (QED) is 0.702. The van der Waals surface area contributed by atoms with E-state index in [1.165, 1.54) is 20.8 Å². The van der Waals surface area contributed by atoms with E-state index in [4.69, 9.17) is 5.73 Å². The van der Waals surface area contributed by atoms with Crippen LogP contribution in [0.1, 0.15) is 20.8 Å². The molecule has 7 heteroatoms. The highest BCUT2D eigenvalue weighted by Gasteiger charge is 2.63. The molecule has 1 nitrogen and oxygen atoms in total. The number of hydrogen-bond acceptors (Lipinski definition) is 1. The Morgan fingerprint density at radius 2 is 1.21 bits per heavy atom. The fourth-order valence-corrected chi connectivity index (χ4v) is 0.720. The van der Waals surface area contributed by atoms with Gasteiger partial charge in [-0.1, -0.05) is 20.8 Å². The highest BCUT2D eigenvalue weighted by atomic mass is 35.5. The third-order valence-corrected chi connectivity index (χ3v) is 1.70. The molecule has 0 fully saturated rings. The summed E-state index contributed by atoms with van der Waals surface area (Å²) in [6.07, 6.45) is -5.58. The summed E-state index contributed by atoms with van der Waals surface area (Å²) in [5.74, 6) is -4.84. The molecule has 0 spiro atoms. The van der Waals surface area contributed by atoms with Gasteiger partial charge in [0.05, 0.1) is 6.04 Å². The number of halogens is 6. The molecular weight excluding hydrogens is 229 g/mol. The van der Waals surface area contributed by atoms with Crippen molar-refractivity contribution in [2.75, 3.05) is 0 Å². The Morgan fingerprint density at radius 1 is 0.929 bits per heavy atom. The molecule has 0 saturated carbocycles. The first-order valence-electron chi connectivity index (χ1n) is 3.61. The minimum atomic E-state index is -5.58. The maximum Gasteiger partial charge on any atom is 0.454 e. The highest BCUT2D eigenvalue weighted by Crippen LogP contribution is 2.42. The van der Waals surface area contributed by atoms with E-state index < -0.39 is 23.6 Å². The minimum Gasteiger partial charge on any atom is -0.322 e. The number of nitrogens with two attached hydrogens (primary N) is 1. The summed E-state index contributed by atoms with van der Waals surface area (Å²) in [6.45, 7) is 3.70. The van der Waals surface area contributed by atoms with Crippen LogP contribution < -0.4 is 5.73 Å². The fraction of sp³-hybridized carbons (Fsp3) is 1.00. The predicted octanol–water partition coefficient (Wildman–Crippen LogP) is 2.98. The Labute approximate surface area is 85.2 Å². The SMILES string of the molecule is CC(C)(C)C(N)C(F)(F)C(F)(F)F.Cl. The first-order chi connectivity index (χ1) is 5.40. The molecule has 0 aliphatic heterocycles. The summed E-state index contributed by atoms with van der Waals surface area (Å²) in [5, 5.41) is 0. The van der Waals surface area contributed by atoms with Gasteiger partial charge in [-0.15, -0.1) is 12.4 Å². The maximum atomic E-state index is 12.6. The van der Waals surface area contributed by atoms with E-state index in [0.717, 1.165) is 0 Å². The van der Waals surface area contributed by atoms with Crippen LogP contribution in [0.15, 0.2) is 0 Å². The maximum absolute atomic E-state index is 12.6. The van der Waals surface area contributed by atoms with Gasteiger partial charge in [-0.3, -0.25) is 0 Å². The van der Waals surface area contributed by atoms with Gasteiger partial charge >= 0.3 is 12.1 Å². The molecule has 2 N–H and O–H groups in total. The van der Waals surface area contributed by atoms with Gasteiger partial charge in [0.1, 0.15) is 0 Å². The molecule has 0 aliphatic rings. The highest BCUT2D eigenvalue weighted by molar-refractivity contribution is 5.85. The zero-order valence-corrected chi connectivity index (χ0v) is 8.77. The predicted molar refractivity (Wildman–Crippen MR) is 45.7 cm³/mol. The fourth-order valence-electron chi connectivity index (χ4n) is 0.720. The van der Waals surface area contributed by atoms with E-state index in [2.05, 4.69) is 0 Å². The second-order valence-corrected chi connectivity index (χ2v) is 3.96. The summed E-state index contributed by atoms with van der Waals surface area (Å²) in [5.41, 5.74) is 3.55. The minimum absolute atomic E-state index is 0. The Hall–Kier alpha value is -0.100. The third kappa shape index (κ3) is 3.24. The van der Waals surface area contributed by atoms with Crippen molar-refractivity contribution in [3.05, 3.63) is 0 Å². The van der Waals surface area contributed by atoms with Gasteiger partial charge < -0.3 is 5.73 Å². The number of alkyl halides is 5. The second-order valence-electron chi connectivity index (χ2n) is 3.96. The van der Waals surface area contributed by atoms with Crippen LogP contribution in [-0.4, -0.2) is 18.1 Å². The molecule has 0 radical (unpaired) electrons. The van der Waals surface area contributed by atoms with Crippen LogP contribution in [0.4, 0.5) is 22.0 Å². The van der Waals surface area contributed by atoms with Gasteiger partial charge in [-0.2, -0.15) is 22.0 Å². The lowest BCUT2D eigenvalue weighted by atomic mass is 9.83. The molecular formula is C7H13ClF5N. The molecule has 88 valence electrons.